The van der Waals surface area contributed by atoms with Crippen LogP contribution >= 0.6 is 0 Å². The number of nitrogens with zero attached hydrogens (tertiary/aromatic N) is 1. The van der Waals surface area contributed by atoms with E-state index < -0.39 is 12.5 Å². The fourth-order valence-electron chi connectivity index (χ4n) is 2.53. The van der Waals surface area contributed by atoms with Crippen LogP contribution in [0.4, 0.5) is 14.5 Å². The second-order valence-electron chi connectivity index (χ2n) is 5.71. The summed E-state index contributed by atoms with van der Waals surface area (Å²) in [6.45, 7) is 1.79. The van der Waals surface area contributed by atoms with E-state index in [1.165, 1.54) is 18.2 Å². The number of ether oxygens (including phenoxy) is 2. The number of rotatable bonds is 9. The highest BCUT2D eigenvalue weighted by Gasteiger charge is 2.16. The number of nitrogens with one attached hydrogen (secondary N) is 1. The molecule has 8 heteroatoms. The minimum Gasteiger partial charge on any atom is -0.484 e. The number of halogens is 2. The Bertz CT molecular complexity index is 810. The van der Waals surface area contributed by atoms with Crippen molar-refractivity contribution in [1.82, 2.24) is 4.90 Å². The first-order chi connectivity index (χ1) is 13.4. The van der Waals surface area contributed by atoms with Crippen molar-refractivity contribution in [1.29, 1.82) is 0 Å². The van der Waals surface area contributed by atoms with Gasteiger partial charge < -0.3 is 19.7 Å². The average Bonchev–Trinajstić information content (AvgIpc) is 2.67. The predicted molar refractivity (Wildman–Crippen MR) is 101 cm³/mol. The molecule has 0 radical (unpaired) electrons. The Morgan fingerprint density at radius 1 is 1.07 bits per heavy atom. The smallest absolute Gasteiger partial charge is 0.387 e. The highest BCUT2D eigenvalue weighted by Crippen LogP contribution is 2.23. The third kappa shape index (κ3) is 5.94. The summed E-state index contributed by atoms with van der Waals surface area (Å²) in [5.74, 6) is -0.562. The van der Waals surface area contributed by atoms with Crippen LogP contribution in [0.3, 0.4) is 0 Å². The van der Waals surface area contributed by atoms with E-state index in [4.69, 9.17) is 4.74 Å². The van der Waals surface area contributed by atoms with Crippen LogP contribution in [0.15, 0.2) is 48.5 Å². The van der Waals surface area contributed by atoms with Crippen LogP contribution in [0.2, 0.25) is 0 Å². The van der Waals surface area contributed by atoms with E-state index in [1.54, 1.807) is 35.2 Å². The maximum Gasteiger partial charge on any atom is 0.387 e. The Morgan fingerprint density at radius 2 is 1.79 bits per heavy atom. The van der Waals surface area contributed by atoms with Gasteiger partial charge in [-0.15, -0.1) is 0 Å². The molecule has 0 aliphatic carbocycles. The zero-order valence-corrected chi connectivity index (χ0v) is 15.7. The summed E-state index contributed by atoms with van der Waals surface area (Å²) in [4.78, 5) is 26.1. The van der Waals surface area contributed by atoms with E-state index in [0.29, 0.717) is 24.5 Å². The molecule has 28 heavy (non-hydrogen) atoms. The van der Waals surface area contributed by atoms with Crippen LogP contribution in [0.1, 0.15) is 24.2 Å². The quantitative estimate of drug-likeness (QED) is 0.705. The normalized spacial score (nSPS) is 10.5. The molecule has 0 aliphatic rings. The van der Waals surface area contributed by atoms with Gasteiger partial charge in [0.15, 0.2) is 6.61 Å². The largest absolute Gasteiger partial charge is 0.484 e. The number of hydrogen-bond acceptors (Lipinski definition) is 4. The SMILES string of the molecule is CCN(CC)C(=O)COc1cccc(NC(=O)c2ccccc2OC(F)F)c1. The van der Waals surface area contributed by atoms with E-state index in [-0.39, 0.29) is 23.8 Å². The van der Waals surface area contributed by atoms with Crippen molar-refractivity contribution < 1.29 is 27.8 Å². The van der Waals surface area contributed by atoms with E-state index in [2.05, 4.69) is 10.1 Å². The van der Waals surface area contributed by atoms with E-state index >= 15 is 0 Å². The van der Waals surface area contributed by atoms with Crippen LogP contribution in [0.25, 0.3) is 0 Å². The van der Waals surface area contributed by atoms with Gasteiger partial charge in [0.2, 0.25) is 0 Å². The highest BCUT2D eigenvalue weighted by atomic mass is 19.3. The van der Waals surface area contributed by atoms with Gasteiger partial charge in [-0.1, -0.05) is 18.2 Å². The third-order valence-corrected chi connectivity index (χ3v) is 3.92. The summed E-state index contributed by atoms with van der Waals surface area (Å²) >= 11 is 0. The number of anilines is 1. The monoisotopic (exact) mass is 392 g/mol. The molecule has 6 nitrogen and oxygen atoms in total. The van der Waals surface area contributed by atoms with Gasteiger partial charge in [0, 0.05) is 24.8 Å². The van der Waals surface area contributed by atoms with Crippen molar-refractivity contribution >= 4 is 17.5 Å². The first-order valence-corrected chi connectivity index (χ1v) is 8.80. The standard InChI is InChI=1S/C20H22F2N2O4/c1-3-24(4-2)18(25)13-27-15-9-7-8-14(12-15)23-19(26)16-10-5-6-11-17(16)28-20(21)22/h5-12,20H,3-4,13H2,1-2H3,(H,23,26). The van der Waals surface area contributed by atoms with Crippen LogP contribution < -0.4 is 14.8 Å². The van der Waals surface area contributed by atoms with Crippen molar-refractivity contribution in [2.24, 2.45) is 0 Å². The Morgan fingerprint density at radius 3 is 2.46 bits per heavy atom. The predicted octanol–water partition coefficient (Wildman–Crippen LogP) is 3.79. The van der Waals surface area contributed by atoms with Crippen molar-refractivity contribution in [2.45, 2.75) is 20.5 Å². The second kappa shape index (κ2) is 10.2. The first-order valence-electron chi connectivity index (χ1n) is 8.80. The molecule has 1 N–H and O–H groups in total. The number of carbonyl (C=O) groups is 2. The zero-order valence-electron chi connectivity index (χ0n) is 15.7. The highest BCUT2D eigenvalue weighted by molar-refractivity contribution is 6.06. The molecule has 0 aromatic heterocycles. The van der Waals surface area contributed by atoms with Gasteiger partial charge >= 0.3 is 6.61 Å². The number of amides is 2. The number of alkyl halides is 2. The van der Waals surface area contributed by atoms with Gasteiger partial charge in [0.05, 0.1) is 5.56 Å². The fourth-order valence-corrected chi connectivity index (χ4v) is 2.53. The minimum absolute atomic E-state index is 0.0224. The summed E-state index contributed by atoms with van der Waals surface area (Å²) in [7, 11) is 0. The van der Waals surface area contributed by atoms with Crippen molar-refractivity contribution in [3.05, 3.63) is 54.1 Å². The van der Waals surface area contributed by atoms with Gasteiger partial charge in [-0.05, 0) is 38.1 Å². The molecule has 150 valence electrons. The van der Waals surface area contributed by atoms with Crippen molar-refractivity contribution in [3.63, 3.8) is 0 Å². The van der Waals surface area contributed by atoms with Crippen LogP contribution in [0.5, 0.6) is 11.5 Å². The molecule has 0 fully saturated rings. The third-order valence-electron chi connectivity index (χ3n) is 3.92. The molecule has 0 unspecified atom stereocenters. The molecule has 2 amide bonds. The fraction of sp³-hybridized carbons (Fsp3) is 0.300. The summed E-state index contributed by atoms with van der Waals surface area (Å²) < 4.78 is 34.9. The van der Waals surface area contributed by atoms with E-state index in [0.717, 1.165) is 0 Å². The minimum atomic E-state index is -3.03. The van der Waals surface area contributed by atoms with Crippen molar-refractivity contribution in [3.8, 4) is 11.5 Å². The average molecular weight is 392 g/mol. The molecule has 2 rings (SSSR count). The molecule has 0 saturated carbocycles. The van der Waals surface area contributed by atoms with Gasteiger partial charge in [-0.3, -0.25) is 9.59 Å². The summed E-state index contributed by atoms with van der Waals surface area (Å²) in [6.07, 6.45) is 0. The van der Waals surface area contributed by atoms with E-state index in [9.17, 15) is 18.4 Å². The molecule has 0 spiro atoms. The zero-order chi connectivity index (χ0) is 20.5. The van der Waals surface area contributed by atoms with Crippen LogP contribution in [-0.2, 0) is 4.79 Å². The first kappa shape index (κ1) is 21.1. The molecule has 0 aliphatic heterocycles. The number of para-hydroxylation sites is 1. The lowest BCUT2D eigenvalue weighted by Gasteiger charge is -2.18. The number of carbonyl (C=O) groups excluding carboxylic acids is 2. The number of likely N-dealkylation sites (N-methyl/N-ethyl adjacent to an activating group) is 1. The molecule has 0 heterocycles. The Kier molecular flexibility index (Phi) is 7.74. The Balaban J connectivity index is 2.05. The lowest BCUT2D eigenvalue weighted by molar-refractivity contribution is -0.132. The van der Waals surface area contributed by atoms with Gasteiger partial charge in [0.1, 0.15) is 11.5 Å². The molecule has 0 atom stereocenters. The number of hydrogen-bond donors (Lipinski definition) is 1. The van der Waals surface area contributed by atoms with Crippen LogP contribution in [-0.4, -0.2) is 43.0 Å². The Hall–Kier alpha value is -3.16. The van der Waals surface area contributed by atoms with Gasteiger partial charge in [-0.2, -0.15) is 8.78 Å². The number of benzene rings is 2. The molecule has 0 bridgehead atoms. The summed E-state index contributed by atoms with van der Waals surface area (Å²) in [5.41, 5.74) is 0.371. The summed E-state index contributed by atoms with van der Waals surface area (Å²) in [6, 6.07) is 12.2. The summed E-state index contributed by atoms with van der Waals surface area (Å²) in [5, 5.41) is 2.61. The van der Waals surface area contributed by atoms with Crippen molar-refractivity contribution in [2.75, 3.05) is 25.0 Å². The van der Waals surface area contributed by atoms with Gasteiger partial charge in [-0.25, -0.2) is 0 Å². The molecular weight excluding hydrogens is 370 g/mol. The van der Waals surface area contributed by atoms with Crippen LogP contribution in [0, 0.1) is 0 Å². The molecule has 2 aromatic carbocycles. The lowest BCUT2D eigenvalue weighted by Crippen LogP contribution is -2.34. The maximum absolute atomic E-state index is 12.5. The molecule has 2 aromatic rings. The van der Waals surface area contributed by atoms with E-state index in [1.807, 2.05) is 13.8 Å². The lowest BCUT2D eigenvalue weighted by atomic mass is 10.2. The second-order valence-corrected chi connectivity index (χ2v) is 5.71. The molecule has 0 saturated heterocycles. The van der Waals surface area contributed by atoms with Gasteiger partial charge in [0.25, 0.3) is 11.8 Å². The maximum atomic E-state index is 12.5. The molecular formula is C20H22F2N2O4. The Labute approximate surface area is 162 Å². The topological polar surface area (TPSA) is 67.9 Å².